The van der Waals surface area contributed by atoms with Gasteiger partial charge in [-0.3, -0.25) is 0 Å². The van der Waals surface area contributed by atoms with E-state index in [1.54, 1.807) is 0 Å². The molecule has 1 fully saturated rings. The van der Waals surface area contributed by atoms with E-state index in [1.165, 1.54) is 32.1 Å². The van der Waals surface area contributed by atoms with Crippen LogP contribution in [0.25, 0.3) is 0 Å². The zero-order valence-electron chi connectivity index (χ0n) is 10.2. The van der Waals surface area contributed by atoms with Crippen LogP contribution in [0.1, 0.15) is 44.3 Å². The normalized spacial score (nSPS) is 19.1. The summed E-state index contributed by atoms with van der Waals surface area (Å²) in [6.07, 6.45) is 12.9. The molecule has 0 radical (unpaired) electrons. The Bertz CT molecular complexity index is 313. The summed E-state index contributed by atoms with van der Waals surface area (Å²) in [7, 11) is 2.03. The minimum Gasteiger partial charge on any atom is -0.338 e. The molecule has 0 bridgehead atoms. The van der Waals surface area contributed by atoms with Crippen molar-refractivity contribution in [1.29, 1.82) is 0 Å². The standard InChI is InChI=1S/C13H23N3/c1-16-9-8-15-13(16)10-12(14)7-6-11-4-2-3-5-11/h8-9,11-12H,2-7,10,14H2,1H3. The van der Waals surface area contributed by atoms with Crippen LogP contribution in [0.15, 0.2) is 12.4 Å². The largest absolute Gasteiger partial charge is 0.338 e. The quantitative estimate of drug-likeness (QED) is 0.829. The Balaban J connectivity index is 1.71. The number of nitrogens with two attached hydrogens (primary N) is 1. The molecule has 1 saturated carbocycles. The van der Waals surface area contributed by atoms with Crippen LogP contribution in [0.4, 0.5) is 0 Å². The first-order valence-corrected chi connectivity index (χ1v) is 6.47. The van der Waals surface area contributed by atoms with E-state index in [9.17, 15) is 0 Å². The number of imidazole rings is 1. The third-order valence-corrected chi connectivity index (χ3v) is 3.79. The van der Waals surface area contributed by atoms with Gasteiger partial charge in [-0.15, -0.1) is 0 Å². The lowest BCUT2D eigenvalue weighted by atomic mass is 9.97. The predicted octanol–water partition coefficient (Wildman–Crippen LogP) is 2.26. The summed E-state index contributed by atoms with van der Waals surface area (Å²) in [5.41, 5.74) is 6.16. The summed E-state index contributed by atoms with van der Waals surface area (Å²) in [5, 5.41) is 0. The highest BCUT2D eigenvalue weighted by molar-refractivity contribution is 4.94. The molecular weight excluding hydrogens is 198 g/mol. The monoisotopic (exact) mass is 221 g/mol. The van der Waals surface area contributed by atoms with Crippen LogP contribution >= 0.6 is 0 Å². The minimum atomic E-state index is 0.279. The van der Waals surface area contributed by atoms with Crippen molar-refractivity contribution in [3.05, 3.63) is 18.2 Å². The van der Waals surface area contributed by atoms with Crippen molar-refractivity contribution in [2.45, 2.75) is 51.0 Å². The van der Waals surface area contributed by atoms with Crippen LogP contribution in [-0.4, -0.2) is 15.6 Å². The van der Waals surface area contributed by atoms with Crippen molar-refractivity contribution >= 4 is 0 Å². The molecule has 1 aromatic heterocycles. The van der Waals surface area contributed by atoms with E-state index in [2.05, 4.69) is 9.55 Å². The summed E-state index contributed by atoms with van der Waals surface area (Å²) in [5.74, 6) is 2.06. The number of hydrogen-bond acceptors (Lipinski definition) is 2. The molecule has 2 rings (SSSR count). The first kappa shape index (κ1) is 11.6. The van der Waals surface area contributed by atoms with Gasteiger partial charge in [-0.25, -0.2) is 4.98 Å². The van der Waals surface area contributed by atoms with Gasteiger partial charge in [-0.1, -0.05) is 25.7 Å². The van der Waals surface area contributed by atoms with E-state index < -0.39 is 0 Å². The lowest BCUT2D eigenvalue weighted by Gasteiger charge is -2.14. The Hall–Kier alpha value is -0.830. The van der Waals surface area contributed by atoms with Gasteiger partial charge in [0.05, 0.1) is 0 Å². The lowest BCUT2D eigenvalue weighted by Crippen LogP contribution is -2.25. The van der Waals surface area contributed by atoms with Crippen molar-refractivity contribution in [1.82, 2.24) is 9.55 Å². The topological polar surface area (TPSA) is 43.8 Å². The second kappa shape index (κ2) is 5.48. The molecule has 1 unspecified atom stereocenters. The van der Waals surface area contributed by atoms with Crippen LogP contribution < -0.4 is 5.73 Å². The molecule has 0 amide bonds. The van der Waals surface area contributed by atoms with Gasteiger partial charge in [0, 0.05) is 31.9 Å². The van der Waals surface area contributed by atoms with Crippen molar-refractivity contribution in [2.75, 3.05) is 0 Å². The summed E-state index contributed by atoms with van der Waals surface area (Å²) in [4.78, 5) is 4.32. The average molecular weight is 221 g/mol. The first-order chi connectivity index (χ1) is 7.75. The van der Waals surface area contributed by atoms with Crippen LogP contribution in [0.3, 0.4) is 0 Å². The number of rotatable bonds is 5. The van der Waals surface area contributed by atoms with Gasteiger partial charge in [0.25, 0.3) is 0 Å². The van der Waals surface area contributed by atoms with E-state index in [1.807, 2.05) is 19.4 Å². The lowest BCUT2D eigenvalue weighted by molar-refractivity contribution is 0.442. The molecule has 1 atom stereocenters. The highest BCUT2D eigenvalue weighted by atomic mass is 15.0. The number of aromatic nitrogens is 2. The van der Waals surface area contributed by atoms with Crippen LogP contribution in [0.2, 0.25) is 0 Å². The third-order valence-electron chi connectivity index (χ3n) is 3.79. The van der Waals surface area contributed by atoms with Crippen molar-refractivity contribution in [2.24, 2.45) is 18.7 Å². The van der Waals surface area contributed by atoms with E-state index in [0.717, 1.165) is 24.6 Å². The second-order valence-electron chi connectivity index (χ2n) is 5.15. The highest BCUT2D eigenvalue weighted by Crippen LogP contribution is 2.28. The third kappa shape index (κ3) is 3.08. The van der Waals surface area contributed by atoms with Gasteiger partial charge >= 0.3 is 0 Å². The fourth-order valence-electron chi connectivity index (χ4n) is 2.68. The zero-order valence-corrected chi connectivity index (χ0v) is 10.2. The number of aryl methyl sites for hydroxylation is 1. The molecule has 0 spiro atoms. The molecule has 1 aliphatic rings. The maximum atomic E-state index is 6.16. The Labute approximate surface area is 98.1 Å². The Morgan fingerprint density at radius 3 is 2.88 bits per heavy atom. The first-order valence-electron chi connectivity index (χ1n) is 6.47. The fourth-order valence-corrected chi connectivity index (χ4v) is 2.68. The number of nitrogens with zero attached hydrogens (tertiary/aromatic N) is 2. The van der Waals surface area contributed by atoms with Crippen molar-refractivity contribution < 1.29 is 0 Å². The maximum Gasteiger partial charge on any atom is 0.109 e. The predicted molar refractivity (Wildman–Crippen MR) is 66.1 cm³/mol. The summed E-state index contributed by atoms with van der Waals surface area (Å²) in [6.45, 7) is 0. The van der Waals surface area contributed by atoms with Crippen LogP contribution in [0.5, 0.6) is 0 Å². The zero-order chi connectivity index (χ0) is 11.4. The molecule has 1 aliphatic carbocycles. The molecule has 1 heterocycles. The van der Waals surface area contributed by atoms with E-state index in [0.29, 0.717) is 0 Å². The van der Waals surface area contributed by atoms with Crippen molar-refractivity contribution in [3.8, 4) is 0 Å². The molecule has 3 heteroatoms. The average Bonchev–Trinajstić information content (AvgIpc) is 2.88. The summed E-state index contributed by atoms with van der Waals surface area (Å²) >= 11 is 0. The fraction of sp³-hybridized carbons (Fsp3) is 0.769. The molecule has 3 nitrogen and oxygen atoms in total. The van der Waals surface area contributed by atoms with E-state index in [4.69, 9.17) is 5.73 Å². The van der Waals surface area contributed by atoms with Crippen molar-refractivity contribution in [3.63, 3.8) is 0 Å². The van der Waals surface area contributed by atoms with Gasteiger partial charge in [-0.05, 0) is 18.8 Å². The van der Waals surface area contributed by atoms with E-state index >= 15 is 0 Å². The Morgan fingerprint density at radius 2 is 2.25 bits per heavy atom. The molecule has 0 saturated heterocycles. The van der Waals surface area contributed by atoms with Gasteiger partial charge in [-0.2, -0.15) is 0 Å². The molecule has 1 aromatic rings. The van der Waals surface area contributed by atoms with Gasteiger partial charge in [0.15, 0.2) is 0 Å². The van der Waals surface area contributed by atoms with Gasteiger partial charge < -0.3 is 10.3 Å². The second-order valence-corrected chi connectivity index (χ2v) is 5.15. The van der Waals surface area contributed by atoms with Crippen LogP contribution in [-0.2, 0) is 13.5 Å². The van der Waals surface area contributed by atoms with E-state index in [-0.39, 0.29) is 6.04 Å². The molecule has 2 N–H and O–H groups in total. The molecule has 0 aliphatic heterocycles. The highest BCUT2D eigenvalue weighted by Gasteiger charge is 2.16. The summed E-state index contributed by atoms with van der Waals surface area (Å²) in [6, 6.07) is 0.279. The Morgan fingerprint density at radius 1 is 1.50 bits per heavy atom. The van der Waals surface area contributed by atoms with Gasteiger partial charge in [0.2, 0.25) is 0 Å². The molecule has 90 valence electrons. The maximum absolute atomic E-state index is 6.16. The SMILES string of the molecule is Cn1ccnc1CC(N)CCC1CCCC1. The molecular formula is C13H23N3. The summed E-state index contributed by atoms with van der Waals surface area (Å²) < 4.78 is 2.06. The Kier molecular flexibility index (Phi) is 3.99. The smallest absolute Gasteiger partial charge is 0.109 e. The molecule has 16 heavy (non-hydrogen) atoms. The number of hydrogen-bond donors (Lipinski definition) is 1. The van der Waals surface area contributed by atoms with Crippen LogP contribution in [0, 0.1) is 5.92 Å². The van der Waals surface area contributed by atoms with Gasteiger partial charge in [0.1, 0.15) is 5.82 Å². The molecule has 0 aromatic carbocycles. The minimum absolute atomic E-state index is 0.279.